The Hall–Kier alpha value is -3.63. The fourth-order valence-electron chi connectivity index (χ4n) is 1.85. The summed E-state index contributed by atoms with van der Waals surface area (Å²) in [5, 5.41) is 2.54. The molecule has 0 aliphatic heterocycles. The number of ether oxygens (including phenoxy) is 1. The number of nitrogen functional groups attached to an aromatic ring is 1. The van der Waals surface area contributed by atoms with Crippen molar-refractivity contribution in [3.05, 3.63) is 30.7 Å². The minimum Gasteiger partial charge on any atom is -0.448 e. The van der Waals surface area contributed by atoms with Crippen molar-refractivity contribution in [2.24, 2.45) is 0 Å². The van der Waals surface area contributed by atoms with E-state index >= 15 is 0 Å². The number of hydrogen-bond acceptors (Lipinski definition) is 9. The number of nitrogens with two attached hydrogens (primary N) is 1. The van der Waals surface area contributed by atoms with Gasteiger partial charge in [-0.15, -0.1) is 0 Å². The molecule has 0 aromatic carbocycles. The van der Waals surface area contributed by atoms with Gasteiger partial charge in [-0.1, -0.05) is 0 Å². The predicted molar refractivity (Wildman–Crippen MR) is 81.6 cm³/mol. The number of hydrogen-bond donors (Lipinski definition) is 3. The van der Waals surface area contributed by atoms with Gasteiger partial charge in [-0.25, -0.2) is 29.7 Å². The van der Waals surface area contributed by atoms with Gasteiger partial charge in [0.15, 0.2) is 29.1 Å². The summed E-state index contributed by atoms with van der Waals surface area (Å²) >= 11 is 0. The third-order valence-corrected chi connectivity index (χ3v) is 3.04. The largest absolute Gasteiger partial charge is 0.448 e. The van der Waals surface area contributed by atoms with Crippen LogP contribution in [-0.2, 0) is 9.53 Å². The number of H-pyrrole nitrogens is 1. The van der Waals surface area contributed by atoms with Gasteiger partial charge in [0, 0.05) is 12.4 Å². The van der Waals surface area contributed by atoms with Crippen LogP contribution in [0.2, 0.25) is 0 Å². The number of carbonyl (C=O) groups is 2. The number of aromatic nitrogens is 6. The van der Waals surface area contributed by atoms with Crippen molar-refractivity contribution in [2.75, 3.05) is 11.1 Å². The van der Waals surface area contributed by atoms with E-state index in [1.165, 1.54) is 32.0 Å². The first-order valence-electron chi connectivity index (χ1n) is 6.78. The van der Waals surface area contributed by atoms with Crippen LogP contribution in [-0.4, -0.2) is 47.9 Å². The summed E-state index contributed by atoms with van der Waals surface area (Å²) < 4.78 is 5.04. The van der Waals surface area contributed by atoms with Crippen molar-refractivity contribution >= 4 is 34.7 Å². The molecule has 122 valence electrons. The first-order chi connectivity index (χ1) is 11.6. The normalized spacial score (nSPS) is 11.9. The maximum absolute atomic E-state index is 12.2. The quantitative estimate of drug-likeness (QED) is 0.555. The number of carbonyl (C=O) groups excluding carboxylic acids is 2. The molecule has 11 heteroatoms. The summed E-state index contributed by atoms with van der Waals surface area (Å²) in [5.74, 6) is -1.28. The van der Waals surface area contributed by atoms with Gasteiger partial charge in [-0.2, -0.15) is 0 Å². The second kappa shape index (κ2) is 6.24. The highest BCUT2D eigenvalue weighted by atomic mass is 16.5. The van der Waals surface area contributed by atoms with Crippen molar-refractivity contribution in [3.63, 3.8) is 0 Å². The molecule has 0 bridgehead atoms. The van der Waals surface area contributed by atoms with E-state index in [2.05, 4.69) is 35.2 Å². The number of esters is 1. The highest BCUT2D eigenvalue weighted by Crippen LogP contribution is 2.15. The van der Waals surface area contributed by atoms with E-state index < -0.39 is 18.0 Å². The maximum Gasteiger partial charge on any atom is 0.361 e. The molecule has 0 fully saturated rings. The van der Waals surface area contributed by atoms with Crippen LogP contribution in [0.1, 0.15) is 17.4 Å². The minimum atomic E-state index is -1.10. The van der Waals surface area contributed by atoms with Crippen LogP contribution in [0.5, 0.6) is 0 Å². The highest BCUT2D eigenvalue weighted by Gasteiger charge is 2.22. The lowest BCUT2D eigenvalue weighted by Gasteiger charge is -2.13. The van der Waals surface area contributed by atoms with Crippen molar-refractivity contribution in [3.8, 4) is 0 Å². The molecule has 3 aromatic heterocycles. The van der Waals surface area contributed by atoms with Gasteiger partial charge in [0.2, 0.25) is 0 Å². The lowest BCUT2D eigenvalue weighted by atomic mass is 10.3. The van der Waals surface area contributed by atoms with Crippen molar-refractivity contribution < 1.29 is 14.3 Å². The topological polar surface area (TPSA) is 162 Å². The monoisotopic (exact) mass is 328 g/mol. The van der Waals surface area contributed by atoms with Crippen LogP contribution < -0.4 is 11.1 Å². The third kappa shape index (κ3) is 2.95. The molecule has 3 heterocycles. The smallest absolute Gasteiger partial charge is 0.361 e. The molecule has 1 amide bonds. The first-order valence-corrected chi connectivity index (χ1v) is 6.78. The number of nitrogens with zero attached hydrogens (tertiary/aromatic N) is 5. The van der Waals surface area contributed by atoms with E-state index in [1.54, 1.807) is 0 Å². The van der Waals surface area contributed by atoms with Crippen LogP contribution in [0, 0.1) is 0 Å². The van der Waals surface area contributed by atoms with E-state index in [0.29, 0.717) is 11.2 Å². The zero-order valence-electron chi connectivity index (χ0n) is 12.4. The van der Waals surface area contributed by atoms with Gasteiger partial charge < -0.3 is 20.8 Å². The molecular formula is C13H12N8O3. The number of fused-ring (bicyclic) bond motifs is 1. The molecule has 0 unspecified atom stereocenters. The molecule has 0 aliphatic rings. The van der Waals surface area contributed by atoms with E-state index in [0.717, 1.165) is 0 Å². The molecule has 4 N–H and O–H groups in total. The van der Waals surface area contributed by atoms with Gasteiger partial charge in [-0.3, -0.25) is 4.79 Å². The molecule has 0 saturated heterocycles. The molecule has 24 heavy (non-hydrogen) atoms. The number of rotatable bonds is 4. The number of amides is 1. The van der Waals surface area contributed by atoms with Gasteiger partial charge in [0.1, 0.15) is 11.8 Å². The van der Waals surface area contributed by atoms with Crippen molar-refractivity contribution in [2.45, 2.75) is 13.0 Å². The van der Waals surface area contributed by atoms with Crippen LogP contribution in [0.4, 0.5) is 11.6 Å². The van der Waals surface area contributed by atoms with E-state index in [9.17, 15) is 9.59 Å². The summed E-state index contributed by atoms with van der Waals surface area (Å²) in [5.41, 5.74) is 6.25. The second-order valence-corrected chi connectivity index (χ2v) is 4.65. The Morgan fingerprint density at radius 2 is 2.00 bits per heavy atom. The molecule has 0 radical (unpaired) electrons. The average molecular weight is 328 g/mol. The summed E-state index contributed by atoms with van der Waals surface area (Å²) in [6.45, 7) is 1.41. The minimum absolute atomic E-state index is 0.0786. The van der Waals surface area contributed by atoms with E-state index in [1.807, 2.05) is 0 Å². The Kier molecular flexibility index (Phi) is 3.97. The van der Waals surface area contributed by atoms with Crippen LogP contribution in [0.3, 0.4) is 0 Å². The Balaban J connectivity index is 1.70. The zero-order valence-corrected chi connectivity index (χ0v) is 12.4. The summed E-state index contributed by atoms with van der Waals surface area (Å²) in [6, 6.07) is 0. The maximum atomic E-state index is 12.2. The van der Waals surface area contributed by atoms with Gasteiger partial charge >= 0.3 is 5.97 Å². The first kappa shape index (κ1) is 15.3. The molecule has 0 saturated carbocycles. The van der Waals surface area contributed by atoms with Crippen molar-refractivity contribution in [1.29, 1.82) is 0 Å². The Morgan fingerprint density at radius 1 is 1.21 bits per heavy atom. The van der Waals surface area contributed by atoms with Crippen LogP contribution in [0.15, 0.2) is 25.0 Å². The second-order valence-electron chi connectivity index (χ2n) is 4.65. The zero-order chi connectivity index (χ0) is 17.1. The van der Waals surface area contributed by atoms with E-state index in [4.69, 9.17) is 10.5 Å². The Morgan fingerprint density at radius 3 is 2.79 bits per heavy atom. The molecule has 3 aromatic rings. The number of anilines is 2. The van der Waals surface area contributed by atoms with E-state index in [-0.39, 0.29) is 17.3 Å². The van der Waals surface area contributed by atoms with Gasteiger partial charge in [-0.05, 0) is 6.92 Å². The SMILES string of the molecule is C[C@@H](OC(=O)c1nccnc1N)C(=O)Nc1ncnc2nc[nH]c12. The highest BCUT2D eigenvalue weighted by molar-refractivity contribution is 6.00. The molecule has 0 aliphatic carbocycles. The van der Waals surface area contributed by atoms with Crippen LogP contribution in [0.25, 0.3) is 11.2 Å². The summed E-state index contributed by atoms with van der Waals surface area (Å²) in [7, 11) is 0. The molecule has 3 rings (SSSR count). The van der Waals surface area contributed by atoms with Crippen molar-refractivity contribution in [1.82, 2.24) is 29.9 Å². The predicted octanol–water partition coefficient (Wildman–Crippen LogP) is -0.0909. The lowest BCUT2D eigenvalue weighted by Crippen LogP contribution is -2.31. The van der Waals surface area contributed by atoms with Gasteiger partial charge in [0.25, 0.3) is 5.91 Å². The van der Waals surface area contributed by atoms with Gasteiger partial charge in [0.05, 0.1) is 6.33 Å². The fourth-order valence-corrected chi connectivity index (χ4v) is 1.85. The fraction of sp³-hybridized carbons (Fsp3) is 0.154. The van der Waals surface area contributed by atoms with Crippen LogP contribution >= 0.6 is 0 Å². The summed E-state index contributed by atoms with van der Waals surface area (Å²) in [4.78, 5) is 46.3. The average Bonchev–Trinajstić information content (AvgIpc) is 3.04. The molecule has 0 spiro atoms. The summed E-state index contributed by atoms with van der Waals surface area (Å²) in [6.07, 6.45) is 4.22. The Labute approximate surface area is 134 Å². The standard InChI is InChI=1S/C13H12N8O3/c1-6(24-13(23)7-9(14)16-3-2-15-7)12(22)21-11-8-10(18-4-17-8)19-5-20-11/h2-6H,1H3,(H2,14,16)(H2,17,18,19,20,21,22)/t6-/m1/s1. The molecule has 1 atom stereocenters. The number of imidazole rings is 1. The third-order valence-electron chi connectivity index (χ3n) is 3.04. The number of nitrogens with one attached hydrogen (secondary N) is 2. The molecule has 11 nitrogen and oxygen atoms in total. The number of aromatic amines is 1. The lowest BCUT2D eigenvalue weighted by molar-refractivity contribution is -0.123. The Bertz CT molecular complexity index is 909. The molecular weight excluding hydrogens is 316 g/mol.